The van der Waals surface area contributed by atoms with Crippen LogP contribution in [0.4, 0.5) is 5.69 Å². The standard InChI is InChI=1S/C12H16INO/c1-12(2,3)8-11(15)14-10-7-5-4-6-9(10)13/h4-7H,8H2,1-3H3,(H,14,15). The van der Waals surface area contributed by atoms with Crippen LogP contribution in [0.15, 0.2) is 24.3 Å². The third-order valence-electron chi connectivity index (χ3n) is 1.84. The quantitative estimate of drug-likeness (QED) is 0.829. The summed E-state index contributed by atoms with van der Waals surface area (Å²) in [5, 5.41) is 2.92. The highest BCUT2D eigenvalue weighted by atomic mass is 127. The smallest absolute Gasteiger partial charge is 0.224 e. The second-order valence-corrected chi connectivity index (χ2v) is 5.93. The predicted octanol–water partition coefficient (Wildman–Crippen LogP) is 3.67. The van der Waals surface area contributed by atoms with Crippen LogP contribution >= 0.6 is 22.6 Å². The van der Waals surface area contributed by atoms with Crippen molar-refractivity contribution in [2.24, 2.45) is 5.41 Å². The molecule has 2 nitrogen and oxygen atoms in total. The molecule has 0 aliphatic heterocycles. The number of carbonyl (C=O) groups excluding carboxylic acids is 1. The molecule has 0 radical (unpaired) electrons. The average molecular weight is 317 g/mol. The van der Waals surface area contributed by atoms with Crippen LogP contribution < -0.4 is 5.32 Å². The maximum absolute atomic E-state index is 11.7. The summed E-state index contributed by atoms with van der Waals surface area (Å²) in [6, 6.07) is 7.78. The van der Waals surface area contributed by atoms with Crippen molar-refractivity contribution in [1.29, 1.82) is 0 Å². The molecule has 3 heteroatoms. The number of halogens is 1. The molecule has 1 rings (SSSR count). The van der Waals surface area contributed by atoms with E-state index in [1.54, 1.807) is 0 Å². The number of benzene rings is 1. The van der Waals surface area contributed by atoms with Crippen LogP contribution in [0.5, 0.6) is 0 Å². The molecule has 0 fully saturated rings. The Morgan fingerprint density at radius 3 is 2.47 bits per heavy atom. The van der Waals surface area contributed by atoms with Gasteiger partial charge in [-0.3, -0.25) is 4.79 Å². The van der Waals surface area contributed by atoms with Crippen molar-refractivity contribution >= 4 is 34.2 Å². The van der Waals surface area contributed by atoms with Gasteiger partial charge in [0.05, 0.1) is 5.69 Å². The lowest BCUT2D eigenvalue weighted by Crippen LogP contribution is -2.20. The molecule has 0 unspecified atom stereocenters. The molecule has 0 atom stereocenters. The first kappa shape index (κ1) is 12.5. The van der Waals surface area contributed by atoms with Crippen molar-refractivity contribution < 1.29 is 4.79 Å². The van der Waals surface area contributed by atoms with Gasteiger partial charge in [-0.15, -0.1) is 0 Å². The van der Waals surface area contributed by atoms with Gasteiger partial charge in [0.1, 0.15) is 0 Å². The molecule has 0 saturated carbocycles. The number of rotatable bonds is 2. The summed E-state index contributed by atoms with van der Waals surface area (Å²) in [5.41, 5.74) is 0.928. The lowest BCUT2D eigenvalue weighted by atomic mass is 9.92. The lowest BCUT2D eigenvalue weighted by Gasteiger charge is -2.17. The third-order valence-corrected chi connectivity index (χ3v) is 2.78. The van der Waals surface area contributed by atoms with Crippen LogP contribution in [0, 0.1) is 8.99 Å². The van der Waals surface area contributed by atoms with E-state index in [9.17, 15) is 4.79 Å². The molecule has 0 saturated heterocycles. The number of hydrogen-bond donors (Lipinski definition) is 1. The van der Waals surface area contributed by atoms with E-state index in [4.69, 9.17) is 0 Å². The van der Waals surface area contributed by atoms with Gasteiger partial charge < -0.3 is 5.32 Å². The Bertz CT molecular complexity index is 355. The fourth-order valence-electron chi connectivity index (χ4n) is 1.24. The summed E-state index contributed by atoms with van der Waals surface area (Å²) in [6.45, 7) is 6.17. The van der Waals surface area contributed by atoms with E-state index < -0.39 is 0 Å². The molecular weight excluding hydrogens is 301 g/mol. The van der Waals surface area contributed by atoms with Gasteiger partial charge in [-0.2, -0.15) is 0 Å². The summed E-state index contributed by atoms with van der Waals surface area (Å²) in [5.74, 6) is 0.0756. The molecule has 0 aliphatic rings. The fourth-order valence-corrected chi connectivity index (χ4v) is 1.76. The summed E-state index contributed by atoms with van der Waals surface area (Å²) < 4.78 is 1.07. The minimum Gasteiger partial charge on any atom is -0.325 e. The van der Waals surface area contributed by atoms with E-state index in [-0.39, 0.29) is 11.3 Å². The zero-order valence-electron chi connectivity index (χ0n) is 9.30. The molecule has 1 N–H and O–H groups in total. The fraction of sp³-hybridized carbons (Fsp3) is 0.417. The molecule has 82 valence electrons. The van der Waals surface area contributed by atoms with Crippen LogP contribution in [0.2, 0.25) is 0 Å². The molecule has 0 aliphatic carbocycles. The normalized spacial score (nSPS) is 11.2. The van der Waals surface area contributed by atoms with Crippen LogP contribution in [0.3, 0.4) is 0 Å². The topological polar surface area (TPSA) is 29.1 Å². The Labute approximate surface area is 105 Å². The lowest BCUT2D eigenvalue weighted by molar-refractivity contribution is -0.117. The van der Waals surface area contributed by atoms with Crippen molar-refractivity contribution in [2.45, 2.75) is 27.2 Å². The minimum absolute atomic E-state index is 0.0320. The van der Waals surface area contributed by atoms with E-state index in [0.717, 1.165) is 9.26 Å². The highest BCUT2D eigenvalue weighted by Crippen LogP contribution is 2.21. The van der Waals surface area contributed by atoms with Crippen LogP contribution in [0.1, 0.15) is 27.2 Å². The van der Waals surface area contributed by atoms with Gasteiger partial charge in [-0.05, 0) is 40.1 Å². The van der Waals surface area contributed by atoms with Gasteiger partial charge in [0, 0.05) is 9.99 Å². The molecule has 0 aromatic heterocycles. The second-order valence-electron chi connectivity index (χ2n) is 4.77. The molecule has 0 bridgehead atoms. The van der Waals surface area contributed by atoms with E-state index in [0.29, 0.717) is 6.42 Å². The van der Waals surface area contributed by atoms with Gasteiger partial charge in [0.2, 0.25) is 5.91 Å². The number of carbonyl (C=O) groups is 1. The first-order chi connectivity index (χ1) is 6.88. The van der Waals surface area contributed by atoms with Crippen LogP contribution in [-0.2, 0) is 4.79 Å². The summed E-state index contributed by atoms with van der Waals surface area (Å²) in [6.07, 6.45) is 0.540. The number of para-hydroxylation sites is 1. The number of nitrogens with one attached hydrogen (secondary N) is 1. The van der Waals surface area contributed by atoms with E-state index >= 15 is 0 Å². The zero-order valence-corrected chi connectivity index (χ0v) is 11.5. The highest BCUT2D eigenvalue weighted by molar-refractivity contribution is 14.1. The summed E-state index contributed by atoms with van der Waals surface area (Å²) in [7, 11) is 0. The van der Waals surface area contributed by atoms with Gasteiger partial charge in [0.15, 0.2) is 0 Å². The van der Waals surface area contributed by atoms with E-state index in [2.05, 4.69) is 48.7 Å². The van der Waals surface area contributed by atoms with Crippen LogP contribution in [-0.4, -0.2) is 5.91 Å². The minimum atomic E-state index is 0.0320. The maximum Gasteiger partial charge on any atom is 0.224 e. The first-order valence-electron chi connectivity index (χ1n) is 4.93. The zero-order chi connectivity index (χ0) is 11.5. The number of anilines is 1. The molecule has 1 aromatic rings. The van der Waals surface area contributed by atoms with E-state index in [1.807, 2.05) is 24.3 Å². The van der Waals surface area contributed by atoms with Crippen molar-refractivity contribution in [3.63, 3.8) is 0 Å². The third kappa shape index (κ3) is 4.64. The Balaban J connectivity index is 2.64. The predicted molar refractivity (Wildman–Crippen MR) is 71.9 cm³/mol. The van der Waals surface area contributed by atoms with Crippen molar-refractivity contribution in [3.8, 4) is 0 Å². The number of amides is 1. The van der Waals surface area contributed by atoms with Crippen LogP contribution in [0.25, 0.3) is 0 Å². The Hall–Kier alpha value is -0.580. The SMILES string of the molecule is CC(C)(C)CC(=O)Nc1ccccc1I. The monoisotopic (exact) mass is 317 g/mol. The van der Waals surface area contributed by atoms with Gasteiger partial charge >= 0.3 is 0 Å². The van der Waals surface area contributed by atoms with Gasteiger partial charge in [-0.1, -0.05) is 32.9 Å². The Morgan fingerprint density at radius 1 is 1.33 bits per heavy atom. The van der Waals surface area contributed by atoms with Gasteiger partial charge in [-0.25, -0.2) is 0 Å². The molecule has 0 heterocycles. The summed E-state index contributed by atoms with van der Waals surface area (Å²) in [4.78, 5) is 11.7. The highest BCUT2D eigenvalue weighted by Gasteiger charge is 2.16. The molecule has 1 amide bonds. The van der Waals surface area contributed by atoms with Crippen molar-refractivity contribution in [3.05, 3.63) is 27.8 Å². The largest absolute Gasteiger partial charge is 0.325 e. The second kappa shape index (κ2) is 4.96. The first-order valence-corrected chi connectivity index (χ1v) is 6.01. The van der Waals surface area contributed by atoms with Crippen molar-refractivity contribution in [1.82, 2.24) is 0 Å². The Morgan fingerprint density at radius 2 is 1.93 bits per heavy atom. The number of hydrogen-bond acceptors (Lipinski definition) is 1. The van der Waals surface area contributed by atoms with Gasteiger partial charge in [0.25, 0.3) is 0 Å². The van der Waals surface area contributed by atoms with E-state index in [1.165, 1.54) is 0 Å². The van der Waals surface area contributed by atoms with Crippen molar-refractivity contribution in [2.75, 3.05) is 5.32 Å². The maximum atomic E-state index is 11.7. The molecular formula is C12H16INO. The Kier molecular flexibility index (Phi) is 4.13. The average Bonchev–Trinajstić information content (AvgIpc) is 2.05. The molecule has 1 aromatic carbocycles. The summed E-state index contributed by atoms with van der Waals surface area (Å²) >= 11 is 2.22. The molecule has 15 heavy (non-hydrogen) atoms. The molecule has 0 spiro atoms.